The van der Waals surface area contributed by atoms with E-state index >= 15 is 0 Å². The summed E-state index contributed by atoms with van der Waals surface area (Å²) in [4.78, 5) is 26.7. The van der Waals surface area contributed by atoms with Crippen LogP contribution in [-0.4, -0.2) is 56.7 Å². The van der Waals surface area contributed by atoms with E-state index in [9.17, 15) is 9.59 Å². The molecule has 2 aromatic rings. The zero-order valence-electron chi connectivity index (χ0n) is 17.5. The first-order valence-electron chi connectivity index (χ1n) is 9.85. The lowest BCUT2D eigenvalue weighted by Crippen LogP contribution is -2.38. The lowest BCUT2D eigenvalue weighted by atomic mass is 10.2. The zero-order valence-corrected chi connectivity index (χ0v) is 17.5. The highest BCUT2D eigenvalue weighted by Gasteiger charge is 2.16. The molecule has 2 amide bonds. The van der Waals surface area contributed by atoms with E-state index in [0.717, 1.165) is 5.56 Å². The van der Waals surface area contributed by atoms with Crippen molar-refractivity contribution in [1.29, 1.82) is 0 Å². The summed E-state index contributed by atoms with van der Waals surface area (Å²) in [5, 5.41) is 5.69. The molecule has 2 N–H and O–H groups in total. The number of likely N-dealkylation sites (N-methyl/N-ethyl adjacent to an activating group) is 1. The van der Waals surface area contributed by atoms with Gasteiger partial charge in [0.05, 0.1) is 25.9 Å². The van der Waals surface area contributed by atoms with Crippen molar-refractivity contribution in [2.45, 2.75) is 13.8 Å². The molecule has 0 aromatic heterocycles. The van der Waals surface area contributed by atoms with Crippen LogP contribution in [0.3, 0.4) is 0 Å². The molecule has 0 radical (unpaired) electrons. The second-order valence-electron chi connectivity index (χ2n) is 6.96. The number of rotatable bonds is 8. The van der Waals surface area contributed by atoms with Crippen molar-refractivity contribution in [2.24, 2.45) is 0 Å². The summed E-state index contributed by atoms with van der Waals surface area (Å²) >= 11 is 0. The lowest BCUT2D eigenvalue weighted by Gasteiger charge is -2.21. The van der Waals surface area contributed by atoms with Gasteiger partial charge in [-0.3, -0.25) is 14.5 Å². The molecule has 0 saturated heterocycles. The van der Waals surface area contributed by atoms with Gasteiger partial charge in [0.1, 0.15) is 19.0 Å². The van der Waals surface area contributed by atoms with Crippen molar-refractivity contribution in [3.05, 3.63) is 42.0 Å². The number of methoxy groups -OCH3 is 1. The maximum absolute atomic E-state index is 12.5. The lowest BCUT2D eigenvalue weighted by molar-refractivity contribution is -0.119. The highest BCUT2D eigenvalue weighted by atomic mass is 16.6. The normalized spacial score (nSPS) is 12.4. The molecule has 8 heteroatoms. The fourth-order valence-electron chi connectivity index (χ4n) is 3.12. The highest BCUT2D eigenvalue weighted by molar-refractivity contribution is 5.95. The van der Waals surface area contributed by atoms with Gasteiger partial charge in [0.2, 0.25) is 11.8 Å². The summed E-state index contributed by atoms with van der Waals surface area (Å²) < 4.78 is 16.3. The van der Waals surface area contributed by atoms with Crippen LogP contribution in [-0.2, 0) is 9.59 Å². The summed E-state index contributed by atoms with van der Waals surface area (Å²) in [6, 6.07) is 10.8. The molecular weight excluding hydrogens is 386 g/mol. The number of carbonyl (C=O) groups excluding carboxylic acids is 2. The number of benzene rings is 2. The summed E-state index contributed by atoms with van der Waals surface area (Å²) in [7, 11) is 1.56. The Labute approximate surface area is 176 Å². The number of nitrogens with one attached hydrogen (secondary N) is 2. The van der Waals surface area contributed by atoms with Crippen LogP contribution in [0.5, 0.6) is 17.2 Å². The largest absolute Gasteiger partial charge is 0.495 e. The fourth-order valence-corrected chi connectivity index (χ4v) is 3.12. The number of aryl methyl sites for hydroxylation is 1. The van der Waals surface area contributed by atoms with Crippen LogP contribution in [0.2, 0.25) is 0 Å². The summed E-state index contributed by atoms with van der Waals surface area (Å²) in [5.74, 6) is 1.44. The molecular formula is C22H27N3O5. The van der Waals surface area contributed by atoms with Crippen LogP contribution in [0.4, 0.5) is 11.4 Å². The first kappa shape index (κ1) is 21.4. The number of hydrogen-bond acceptors (Lipinski definition) is 6. The molecule has 0 fully saturated rings. The quantitative estimate of drug-likeness (QED) is 0.692. The van der Waals surface area contributed by atoms with Crippen LogP contribution in [0.15, 0.2) is 36.4 Å². The van der Waals surface area contributed by atoms with E-state index in [1.165, 1.54) is 0 Å². The van der Waals surface area contributed by atoms with Crippen molar-refractivity contribution in [2.75, 3.05) is 50.6 Å². The van der Waals surface area contributed by atoms with Crippen LogP contribution in [0.1, 0.15) is 12.5 Å². The van der Waals surface area contributed by atoms with E-state index in [2.05, 4.69) is 10.6 Å². The minimum atomic E-state index is -0.215. The Morgan fingerprint density at radius 2 is 1.70 bits per heavy atom. The molecule has 3 rings (SSSR count). The molecule has 1 aliphatic heterocycles. The Kier molecular flexibility index (Phi) is 7.13. The third kappa shape index (κ3) is 5.64. The van der Waals surface area contributed by atoms with Gasteiger partial charge in [-0.15, -0.1) is 0 Å². The van der Waals surface area contributed by atoms with E-state index < -0.39 is 0 Å². The van der Waals surface area contributed by atoms with Crippen molar-refractivity contribution in [1.82, 2.24) is 4.90 Å². The number of hydrogen-bond donors (Lipinski definition) is 2. The summed E-state index contributed by atoms with van der Waals surface area (Å²) in [5.41, 5.74) is 2.24. The van der Waals surface area contributed by atoms with Crippen LogP contribution in [0, 0.1) is 6.92 Å². The van der Waals surface area contributed by atoms with E-state index in [1.54, 1.807) is 30.2 Å². The number of amides is 2. The Hall–Kier alpha value is -3.26. The first-order valence-corrected chi connectivity index (χ1v) is 9.85. The molecule has 160 valence electrons. The average molecular weight is 413 g/mol. The Morgan fingerprint density at radius 1 is 1.00 bits per heavy atom. The Morgan fingerprint density at radius 3 is 2.40 bits per heavy atom. The molecule has 1 aliphatic rings. The smallest absolute Gasteiger partial charge is 0.238 e. The average Bonchev–Trinajstić information content (AvgIpc) is 2.73. The Bertz CT molecular complexity index is 916. The van der Waals surface area contributed by atoms with E-state index in [4.69, 9.17) is 14.2 Å². The molecule has 2 aromatic carbocycles. The highest BCUT2D eigenvalue weighted by Crippen LogP contribution is 2.32. The van der Waals surface area contributed by atoms with Gasteiger partial charge in [0, 0.05) is 11.8 Å². The molecule has 1 heterocycles. The number of anilines is 2. The van der Waals surface area contributed by atoms with Crippen molar-refractivity contribution >= 4 is 23.2 Å². The third-order valence-corrected chi connectivity index (χ3v) is 4.64. The number of ether oxygens (including phenoxy) is 3. The van der Waals surface area contributed by atoms with E-state index in [1.807, 2.05) is 32.0 Å². The van der Waals surface area contributed by atoms with Gasteiger partial charge in [0.15, 0.2) is 11.5 Å². The van der Waals surface area contributed by atoms with Gasteiger partial charge in [-0.25, -0.2) is 0 Å². The summed E-state index contributed by atoms with van der Waals surface area (Å²) in [6.07, 6.45) is 0. The second kappa shape index (κ2) is 9.98. The molecule has 0 bridgehead atoms. The SMILES string of the molecule is CCN(CC(=O)Nc1ccc2c(c1)OCCO2)CC(=O)Nc1cc(C)ccc1OC. The molecule has 8 nitrogen and oxygen atoms in total. The topological polar surface area (TPSA) is 89.1 Å². The van der Waals surface area contributed by atoms with Gasteiger partial charge in [0.25, 0.3) is 0 Å². The van der Waals surface area contributed by atoms with Crippen molar-refractivity contribution < 1.29 is 23.8 Å². The minimum Gasteiger partial charge on any atom is -0.495 e. The number of nitrogens with zero attached hydrogens (tertiary/aromatic N) is 1. The Balaban J connectivity index is 1.55. The van der Waals surface area contributed by atoms with E-state index in [0.29, 0.717) is 48.4 Å². The van der Waals surface area contributed by atoms with Gasteiger partial charge >= 0.3 is 0 Å². The maximum Gasteiger partial charge on any atom is 0.238 e. The molecule has 0 saturated carbocycles. The predicted molar refractivity (Wildman–Crippen MR) is 115 cm³/mol. The van der Waals surface area contributed by atoms with Crippen molar-refractivity contribution in [3.8, 4) is 17.2 Å². The molecule has 30 heavy (non-hydrogen) atoms. The molecule has 0 spiro atoms. The van der Waals surface area contributed by atoms with E-state index in [-0.39, 0.29) is 24.9 Å². The third-order valence-electron chi connectivity index (χ3n) is 4.64. The number of fused-ring (bicyclic) bond motifs is 1. The molecule has 0 atom stereocenters. The predicted octanol–water partition coefficient (Wildman–Crippen LogP) is 2.67. The summed E-state index contributed by atoms with van der Waals surface area (Å²) in [6.45, 7) is 5.56. The fraction of sp³-hybridized carbons (Fsp3) is 0.364. The standard InChI is InChI=1S/C22H27N3O5/c1-4-25(14-22(27)24-17-11-15(2)5-7-18(17)28-3)13-21(26)23-16-6-8-19-20(12-16)30-10-9-29-19/h5-8,11-12H,4,9-10,13-14H2,1-3H3,(H,23,26)(H,24,27). The maximum atomic E-state index is 12.5. The van der Waals surface area contributed by atoms with Crippen LogP contribution >= 0.6 is 0 Å². The first-order chi connectivity index (χ1) is 14.5. The van der Waals surface area contributed by atoms with Crippen molar-refractivity contribution in [3.63, 3.8) is 0 Å². The molecule has 0 unspecified atom stereocenters. The number of carbonyl (C=O) groups is 2. The zero-order chi connectivity index (χ0) is 21.5. The second-order valence-corrected chi connectivity index (χ2v) is 6.96. The monoisotopic (exact) mass is 413 g/mol. The van der Waals surface area contributed by atoms with Gasteiger partial charge in [-0.1, -0.05) is 13.0 Å². The van der Waals surface area contributed by atoms with Gasteiger partial charge in [-0.2, -0.15) is 0 Å². The van der Waals surface area contributed by atoms with Crippen LogP contribution < -0.4 is 24.8 Å². The van der Waals surface area contributed by atoms with Crippen LogP contribution in [0.25, 0.3) is 0 Å². The minimum absolute atomic E-state index is 0.0855. The van der Waals surface area contributed by atoms with Gasteiger partial charge in [-0.05, 0) is 43.3 Å². The molecule has 0 aliphatic carbocycles. The van der Waals surface area contributed by atoms with Gasteiger partial charge < -0.3 is 24.8 Å².